The third-order valence-electron chi connectivity index (χ3n) is 4.60. The standard InChI is InChI=1S/C22H24INO6/c1-24(9-5-10-25)20(26)17-13-16(23)14-18(22-28-11-6-12-29-22)19(17)30-21(27)15-7-3-2-4-8-15/h2-4,7-8,13-14,22,25H,5-6,9-12H2,1H3. The molecule has 0 radical (unpaired) electrons. The Morgan fingerprint density at radius 2 is 1.90 bits per heavy atom. The van der Waals surface area contributed by atoms with E-state index in [1.165, 1.54) is 4.90 Å². The van der Waals surface area contributed by atoms with E-state index in [1.807, 2.05) is 6.07 Å². The zero-order chi connectivity index (χ0) is 21.5. The van der Waals surface area contributed by atoms with E-state index in [9.17, 15) is 9.59 Å². The first-order valence-corrected chi connectivity index (χ1v) is 10.8. The van der Waals surface area contributed by atoms with Crippen molar-refractivity contribution in [2.45, 2.75) is 19.1 Å². The highest BCUT2D eigenvalue weighted by molar-refractivity contribution is 14.1. The summed E-state index contributed by atoms with van der Waals surface area (Å²) in [5, 5.41) is 9.08. The van der Waals surface area contributed by atoms with Gasteiger partial charge >= 0.3 is 5.97 Å². The van der Waals surface area contributed by atoms with Crippen molar-refractivity contribution in [2.24, 2.45) is 0 Å². The van der Waals surface area contributed by atoms with Gasteiger partial charge < -0.3 is 24.2 Å². The Morgan fingerprint density at radius 1 is 1.20 bits per heavy atom. The van der Waals surface area contributed by atoms with Gasteiger partial charge in [0.05, 0.1) is 29.9 Å². The summed E-state index contributed by atoms with van der Waals surface area (Å²) in [6, 6.07) is 12.1. The number of ether oxygens (including phenoxy) is 3. The summed E-state index contributed by atoms with van der Waals surface area (Å²) in [6.45, 7) is 1.39. The zero-order valence-corrected chi connectivity index (χ0v) is 18.8. The number of nitrogens with zero attached hydrogens (tertiary/aromatic N) is 1. The number of esters is 1. The second kappa shape index (κ2) is 10.9. The van der Waals surface area contributed by atoms with Gasteiger partial charge in [-0.15, -0.1) is 0 Å². The van der Waals surface area contributed by atoms with Gasteiger partial charge in [-0.3, -0.25) is 4.79 Å². The second-order valence-electron chi connectivity index (χ2n) is 6.86. The first kappa shape index (κ1) is 22.7. The molecular weight excluding hydrogens is 501 g/mol. The average Bonchev–Trinajstić information content (AvgIpc) is 2.78. The molecule has 3 rings (SSSR count). The lowest BCUT2D eigenvalue weighted by molar-refractivity contribution is -0.183. The predicted molar refractivity (Wildman–Crippen MR) is 118 cm³/mol. The van der Waals surface area contributed by atoms with Gasteiger partial charge in [-0.2, -0.15) is 0 Å². The maximum absolute atomic E-state index is 13.1. The molecule has 1 aliphatic rings. The Hall–Kier alpha value is -2.01. The Kier molecular flexibility index (Phi) is 8.20. The van der Waals surface area contributed by atoms with Crippen molar-refractivity contribution >= 4 is 34.5 Å². The normalized spacial score (nSPS) is 14.4. The summed E-state index contributed by atoms with van der Waals surface area (Å²) in [6.07, 6.45) is 0.503. The highest BCUT2D eigenvalue weighted by Crippen LogP contribution is 2.36. The molecule has 8 heteroatoms. The van der Waals surface area contributed by atoms with Gasteiger partial charge in [0.1, 0.15) is 0 Å². The number of aliphatic hydroxyl groups is 1. The number of halogens is 1. The topological polar surface area (TPSA) is 85.3 Å². The molecule has 1 aliphatic heterocycles. The molecule has 1 N–H and O–H groups in total. The SMILES string of the molecule is CN(CCCO)C(=O)c1cc(I)cc(C2OCCCO2)c1OC(=O)c1ccccc1. The van der Waals surface area contributed by atoms with Crippen LogP contribution < -0.4 is 4.74 Å². The van der Waals surface area contributed by atoms with Crippen LogP contribution in [-0.2, 0) is 9.47 Å². The van der Waals surface area contributed by atoms with Crippen molar-refractivity contribution in [2.75, 3.05) is 33.4 Å². The van der Waals surface area contributed by atoms with Crippen molar-refractivity contribution in [3.05, 3.63) is 62.7 Å². The minimum Gasteiger partial charge on any atom is -0.422 e. The molecule has 30 heavy (non-hydrogen) atoms. The average molecular weight is 525 g/mol. The quantitative estimate of drug-likeness (QED) is 0.339. The molecule has 2 aromatic rings. The summed E-state index contributed by atoms with van der Waals surface area (Å²) in [5.41, 5.74) is 1.13. The molecule has 1 saturated heterocycles. The second-order valence-corrected chi connectivity index (χ2v) is 8.10. The molecule has 0 unspecified atom stereocenters. The number of rotatable bonds is 7. The highest BCUT2D eigenvalue weighted by atomic mass is 127. The van der Waals surface area contributed by atoms with E-state index in [-0.39, 0.29) is 23.8 Å². The smallest absolute Gasteiger partial charge is 0.343 e. The number of hydrogen-bond acceptors (Lipinski definition) is 6. The van der Waals surface area contributed by atoms with Gasteiger partial charge in [0.25, 0.3) is 5.91 Å². The molecule has 0 saturated carbocycles. The van der Waals surface area contributed by atoms with E-state index in [2.05, 4.69) is 22.6 Å². The third-order valence-corrected chi connectivity index (χ3v) is 5.22. The van der Waals surface area contributed by atoms with E-state index < -0.39 is 12.3 Å². The minimum absolute atomic E-state index is 0.0190. The van der Waals surface area contributed by atoms with Crippen LogP contribution in [-0.4, -0.2) is 55.3 Å². The van der Waals surface area contributed by atoms with Gasteiger partial charge in [-0.25, -0.2) is 4.79 Å². The van der Waals surface area contributed by atoms with Crippen LogP contribution in [0, 0.1) is 3.57 Å². The maximum Gasteiger partial charge on any atom is 0.343 e. The van der Waals surface area contributed by atoms with E-state index >= 15 is 0 Å². The largest absolute Gasteiger partial charge is 0.422 e. The van der Waals surface area contributed by atoms with Gasteiger partial charge in [-0.1, -0.05) is 18.2 Å². The Morgan fingerprint density at radius 3 is 2.57 bits per heavy atom. The first-order valence-electron chi connectivity index (χ1n) is 9.71. The van der Waals surface area contributed by atoms with Crippen LogP contribution in [0.5, 0.6) is 5.75 Å². The minimum atomic E-state index is -0.721. The molecule has 1 fully saturated rings. The van der Waals surface area contributed by atoms with Crippen LogP contribution in [0.3, 0.4) is 0 Å². The molecule has 2 aromatic carbocycles. The van der Waals surface area contributed by atoms with Crippen molar-refractivity contribution in [3.8, 4) is 5.75 Å². The first-order chi connectivity index (χ1) is 14.5. The molecule has 1 heterocycles. The van der Waals surface area contributed by atoms with Crippen molar-refractivity contribution < 1.29 is 28.9 Å². The summed E-state index contributed by atoms with van der Waals surface area (Å²) < 4.78 is 18.0. The van der Waals surface area contributed by atoms with Gasteiger partial charge in [0.15, 0.2) is 12.0 Å². The van der Waals surface area contributed by atoms with Crippen LogP contribution >= 0.6 is 22.6 Å². The fraction of sp³-hybridized carbons (Fsp3) is 0.364. The maximum atomic E-state index is 13.1. The fourth-order valence-electron chi connectivity index (χ4n) is 3.07. The van der Waals surface area contributed by atoms with Gasteiger partial charge in [0, 0.05) is 23.8 Å². The lowest BCUT2D eigenvalue weighted by Crippen LogP contribution is -2.30. The number of carbonyl (C=O) groups excluding carboxylic acids is 2. The fourth-order valence-corrected chi connectivity index (χ4v) is 3.72. The number of benzene rings is 2. The van der Waals surface area contributed by atoms with E-state index in [0.29, 0.717) is 37.3 Å². The lowest BCUT2D eigenvalue weighted by Gasteiger charge is -2.27. The van der Waals surface area contributed by atoms with Crippen molar-refractivity contribution in [1.29, 1.82) is 0 Å². The predicted octanol–water partition coefficient (Wildman–Crippen LogP) is 3.40. The summed E-state index contributed by atoms with van der Waals surface area (Å²) in [4.78, 5) is 27.4. The van der Waals surface area contributed by atoms with Gasteiger partial charge in [-0.05, 0) is 59.7 Å². The Bertz CT molecular complexity index is 883. The van der Waals surface area contributed by atoms with Crippen LogP contribution in [0.4, 0.5) is 0 Å². The summed E-state index contributed by atoms with van der Waals surface area (Å²) in [5.74, 6) is -0.743. The highest BCUT2D eigenvalue weighted by Gasteiger charge is 2.29. The molecule has 1 amide bonds. The molecule has 160 valence electrons. The summed E-state index contributed by atoms with van der Waals surface area (Å²) in [7, 11) is 1.65. The van der Waals surface area contributed by atoms with E-state index in [4.69, 9.17) is 19.3 Å². The van der Waals surface area contributed by atoms with Crippen molar-refractivity contribution in [1.82, 2.24) is 4.90 Å². The third kappa shape index (κ3) is 5.57. The zero-order valence-electron chi connectivity index (χ0n) is 16.7. The molecule has 0 spiro atoms. The Balaban J connectivity index is 2.02. The number of aliphatic hydroxyl groups excluding tert-OH is 1. The van der Waals surface area contributed by atoms with E-state index in [1.54, 1.807) is 43.4 Å². The molecule has 0 atom stereocenters. The van der Waals surface area contributed by atoms with E-state index in [0.717, 1.165) is 9.99 Å². The number of carbonyl (C=O) groups is 2. The van der Waals surface area contributed by atoms with Gasteiger partial charge in [0.2, 0.25) is 0 Å². The van der Waals surface area contributed by atoms with Crippen LogP contribution in [0.1, 0.15) is 45.4 Å². The molecular formula is C22H24INO6. The van der Waals surface area contributed by atoms with Crippen LogP contribution in [0.2, 0.25) is 0 Å². The number of hydrogen-bond donors (Lipinski definition) is 1. The van der Waals surface area contributed by atoms with Crippen LogP contribution in [0.25, 0.3) is 0 Å². The Labute approximate surface area is 189 Å². The van der Waals surface area contributed by atoms with Crippen molar-refractivity contribution in [3.63, 3.8) is 0 Å². The molecule has 0 bridgehead atoms. The number of amides is 1. The monoisotopic (exact) mass is 525 g/mol. The summed E-state index contributed by atoms with van der Waals surface area (Å²) >= 11 is 2.11. The molecule has 7 nitrogen and oxygen atoms in total. The van der Waals surface area contributed by atoms with Crippen LogP contribution in [0.15, 0.2) is 42.5 Å². The molecule has 0 aromatic heterocycles. The molecule has 0 aliphatic carbocycles. The lowest BCUT2D eigenvalue weighted by atomic mass is 10.1.